The molecule has 1 rings (SSSR count). The van der Waals surface area contributed by atoms with E-state index >= 15 is 0 Å². The van der Waals surface area contributed by atoms with Crippen LogP contribution in [0.4, 0.5) is 4.79 Å². The van der Waals surface area contributed by atoms with Crippen molar-refractivity contribution in [3.8, 4) is 0 Å². The summed E-state index contributed by atoms with van der Waals surface area (Å²) in [5.41, 5.74) is 0. The van der Waals surface area contributed by atoms with Crippen LogP contribution in [-0.2, 0) is 9.53 Å². The second-order valence-electron chi connectivity index (χ2n) is 2.59. The van der Waals surface area contributed by atoms with Gasteiger partial charge in [-0.15, -0.1) is 11.6 Å². The Hall–Kier alpha value is -0.810. The van der Waals surface area contributed by atoms with E-state index in [2.05, 4.69) is 5.32 Å². The molecule has 1 heterocycles. The van der Waals surface area contributed by atoms with Crippen LogP contribution >= 0.6 is 11.6 Å². The highest BCUT2D eigenvalue weighted by molar-refractivity contribution is 6.28. The SMILES string of the molecule is O=C(CCl)NC(=O)N1CCOCC1. The molecule has 3 amide bonds. The van der Waals surface area contributed by atoms with E-state index < -0.39 is 11.9 Å². The molecule has 0 aromatic rings. The highest BCUT2D eigenvalue weighted by Crippen LogP contribution is 1.96. The Kier molecular flexibility index (Phi) is 3.98. The molecule has 5 nitrogen and oxygen atoms in total. The molecule has 1 N–H and O–H groups in total. The Morgan fingerprint density at radius 2 is 2.00 bits per heavy atom. The summed E-state index contributed by atoms with van der Waals surface area (Å²) >= 11 is 5.23. The van der Waals surface area contributed by atoms with Gasteiger partial charge in [-0.2, -0.15) is 0 Å². The Balaban J connectivity index is 2.33. The van der Waals surface area contributed by atoms with Crippen LogP contribution in [0.5, 0.6) is 0 Å². The zero-order valence-electron chi connectivity index (χ0n) is 7.09. The third-order valence-corrected chi connectivity index (χ3v) is 1.91. The quantitative estimate of drug-likeness (QED) is 0.605. The van der Waals surface area contributed by atoms with Gasteiger partial charge in [0.05, 0.1) is 13.2 Å². The number of alkyl halides is 1. The number of nitrogens with one attached hydrogen (secondary N) is 1. The normalized spacial score (nSPS) is 16.8. The predicted molar refractivity (Wildman–Crippen MR) is 46.7 cm³/mol. The van der Waals surface area contributed by atoms with Crippen LogP contribution in [0.15, 0.2) is 0 Å². The largest absolute Gasteiger partial charge is 0.378 e. The summed E-state index contributed by atoms with van der Waals surface area (Å²) in [6.07, 6.45) is 0. The van der Waals surface area contributed by atoms with Crippen molar-refractivity contribution < 1.29 is 14.3 Å². The highest BCUT2D eigenvalue weighted by atomic mass is 35.5. The van der Waals surface area contributed by atoms with Crippen molar-refractivity contribution in [3.63, 3.8) is 0 Å². The molecule has 0 aromatic heterocycles. The molecular weight excluding hydrogens is 196 g/mol. The van der Waals surface area contributed by atoms with Crippen molar-refractivity contribution in [3.05, 3.63) is 0 Å². The van der Waals surface area contributed by atoms with E-state index in [4.69, 9.17) is 16.3 Å². The number of nitrogens with zero attached hydrogens (tertiary/aromatic N) is 1. The lowest BCUT2D eigenvalue weighted by Crippen LogP contribution is -2.48. The van der Waals surface area contributed by atoms with E-state index in [9.17, 15) is 9.59 Å². The van der Waals surface area contributed by atoms with E-state index in [1.54, 1.807) is 0 Å². The van der Waals surface area contributed by atoms with E-state index in [0.29, 0.717) is 26.3 Å². The van der Waals surface area contributed by atoms with Crippen LogP contribution in [0.3, 0.4) is 0 Å². The fraction of sp³-hybridized carbons (Fsp3) is 0.714. The lowest BCUT2D eigenvalue weighted by molar-refractivity contribution is -0.117. The van der Waals surface area contributed by atoms with Gasteiger partial charge in [-0.1, -0.05) is 0 Å². The number of hydrogen-bond donors (Lipinski definition) is 1. The number of halogens is 1. The van der Waals surface area contributed by atoms with Crippen LogP contribution < -0.4 is 5.32 Å². The highest BCUT2D eigenvalue weighted by Gasteiger charge is 2.17. The maximum absolute atomic E-state index is 11.2. The summed E-state index contributed by atoms with van der Waals surface area (Å²) in [7, 11) is 0. The Bertz CT molecular complexity index is 204. The van der Waals surface area contributed by atoms with Gasteiger partial charge in [-0.3, -0.25) is 10.1 Å². The minimum Gasteiger partial charge on any atom is -0.378 e. The molecule has 0 saturated carbocycles. The van der Waals surface area contributed by atoms with Crippen molar-refractivity contribution in [2.24, 2.45) is 0 Å². The van der Waals surface area contributed by atoms with Crippen LogP contribution in [-0.4, -0.2) is 49.0 Å². The number of imide groups is 1. The third-order valence-electron chi connectivity index (χ3n) is 1.67. The molecule has 0 spiro atoms. The Morgan fingerprint density at radius 3 is 2.54 bits per heavy atom. The Morgan fingerprint density at radius 1 is 1.38 bits per heavy atom. The molecule has 1 saturated heterocycles. The summed E-state index contributed by atoms with van der Waals surface area (Å²) in [5, 5.41) is 2.16. The van der Waals surface area contributed by atoms with E-state index in [-0.39, 0.29) is 5.88 Å². The van der Waals surface area contributed by atoms with Gasteiger partial charge in [0.2, 0.25) is 5.91 Å². The van der Waals surface area contributed by atoms with Crippen molar-refractivity contribution in [2.45, 2.75) is 0 Å². The molecule has 0 radical (unpaired) electrons. The van der Waals surface area contributed by atoms with Crippen LogP contribution in [0, 0.1) is 0 Å². The summed E-state index contributed by atoms with van der Waals surface area (Å²) < 4.78 is 5.05. The predicted octanol–water partition coefficient (Wildman–Crippen LogP) is -0.206. The van der Waals surface area contributed by atoms with Gasteiger partial charge in [0.15, 0.2) is 0 Å². The number of amides is 3. The topological polar surface area (TPSA) is 58.6 Å². The standard InChI is InChI=1S/C7H11ClN2O3/c8-5-6(11)9-7(12)10-1-3-13-4-2-10/h1-5H2,(H,9,11,12). The first-order chi connectivity index (χ1) is 6.24. The number of rotatable bonds is 1. The van der Waals surface area contributed by atoms with Gasteiger partial charge < -0.3 is 9.64 Å². The molecule has 0 aliphatic carbocycles. The first-order valence-electron chi connectivity index (χ1n) is 3.96. The number of ether oxygens (including phenoxy) is 1. The summed E-state index contributed by atoms with van der Waals surface area (Å²) in [5.74, 6) is -0.672. The molecule has 1 fully saturated rings. The maximum Gasteiger partial charge on any atom is 0.324 e. The average molecular weight is 207 g/mol. The van der Waals surface area contributed by atoms with Gasteiger partial charge in [-0.05, 0) is 0 Å². The van der Waals surface area contributed by atoms with Crippen molar-refractivity contribution >= 4 is 23.5 Å². The minimum atomic E-state index is -0.474. The van der Waals surface area contributed by atoms with Crippen molar-refractivity contribution in [1.82, 2.24) is 10.2 Å². The van der Waals surface area contributed by atoms with Crippen LogP contribution in [0.2, 0.25) is 0 Å². The molecule has 0 unspecified atom stereocenters. The fourth-order valence-electron chi connectivity index (χ4n) is 0.998. The number of carbonyl (C=O) groups is 2. The second-order valence-corrected chi connectivity index (χ2v) is 2.85. The number of hydrogen-bond acceptors (Lipinski definition) is 3. The molecule has 6 heteroatoms. The first kappa shape index (κ1) is 10.3. The second kappa shape index (κ2) is 5.04. The Labute approximate surface area is 81.0 Å². The maximum atomic E-state index is 11.2. The number of carbonyl (C=O) groups excluding carboxylic acids is 2. The summed E-state index contributed by atoms with van der Waals surface area (Å²) in [4.78, 5) is 23.5. The van der Waals surface area contributed by atoms with Gasteiger partial charge in [0.25, 0.3) is 0 Å². The lowest BCUT2D eigenvalue weighted by Gasteiger charge is -2.26. The average Bonchev–Trinajstić information content (AvgIpc) is 2.19. The molecule has 13 heavy (non-hydrogen) atoms. The van der Waals surface area contributed by atoms with E-state index in [0.717, 1.165) is 0 Å². The van der Waals surface area contributed by atoms with Gasteiger partial charge in [0.1, 0.15) is 5.88 Å². The molecule has 1 aliphatic rings. The van der Waals surface area contributed by atoms with E-state index in [1.807, 2.05) is 0 Å². The molecule has 0 aromatic carbocycles. The summed E-state index contributed by atoms with van der Waals surface area (Å²) in [6.45, 7) is 2.06. The van der Waals surface area contributed by atoms with Crippen molar-refractivity contribution in [2.75, 3.05) is 32.2 Å². The monoisotopic (exact) mass is 206 g/mol. The van der Waals surface area contributed by atoms with Crippen LogP contribution in [0.1, 0.15) is 0 Å². The first-order valence-corrected chi connectivity index (χ1v) is 4.50. The minimum absolute atomic E-state index is 0.198. The van der Waals surface area contributed by atoms with Gasteiger partial charge >= 0.3 is 6.03 Å². The molecular formula is C7H11ClN2O3. The summed E-state index contributed by atoms with van der Waals surface area (Å²) in [6, 6.07) is -0.394. The van der Waals surface area contributed by atoms with Gasteiger partial charge in [-0.25, -0.2) is 4.79 Å². The smallest absolute Gasteiger partial charge is 0.324 e. The van der Waals surface area contributed by atoms with Crippen molar-refractivity contribution in [1.29, 1.82) is 0 Å². The van der Waals surface area contributed by atoms with E-state index in [1.165, 1.54) is 4.90 Å². The third kappa shape index (κ3) is 3.20. The lowest BCUT2D eigenvalue weighted by atomic mass is 10.4. The number of morpholine rings is 1. The van der Waals surface area contributed by atoms with Crippen LogP contribution in [0.25, 0.3) is 0 Å². The zero-order chi connectivity index (χ0) is 9.68. The van der Waals surface area contributed by atoms with Gasteiger partial charge in [0, 0.05) is 13.1 Å². The zero-order valence-corrected chi connectivity index (χ0v) is 7.84. The molecule has 74 valence electrons. The fourth-order valence-corrected chi connectivity index (χ4v) is 1.06. The molecule has 0 bridgehead atoms. The molecule has 1 aliphatic heterocycles. The number of urea groups is 1. The molecule has 0 atom stereocenters.